The van der Waals surface area contributed by atoms with Crippen LogP contribution in [0, 0.1) is 0 Å². The average molecular weight is 486 g/mol. The van der Waals surface area contributed by atoms with Gasteiger partial charge >= 0.3 is 0 Å². The van der Waals surface area contributed by atoms with Gasteiger partial charge in [-0.25, -0.2) is 15.0 Å². The third kappa shape index (κ3) is 5.08. The van der Waals surface area contributed by atoms with E-state index in [0.717, 1.165) is 60.1 Å². The Morgan fingerprint density at radius 2 is 1.88 bits per heavy atom. The lowest BCUT2D eigenvalue weighted by atomic mass is 10.1. The van der Waals surface area contributed by atoms with Gasteiger partial charge in [0.15, 0.2) is 5.72 Å². The first-order valence-electron chi connectivity index (χ1n) is 11.4. The topological polar surface area (TPSA) is 63.2 Å². The molecule has 3 aromatic rings. The Hall–Kier alpha value is -2.41. The molecule has 2 aromatic heterocycles. The molecule has 33 heavy (non-hydrogen) atoms. The Morgan fingerprint density at radius 1 is 1.06 bits per heavy atom. The Kier molecular flexibility index (Phi) is 7.37. The summed E-state index contributed by atoms with van der Waals surface area (Å²) in [7, 11) is 0. The molecule has 1 atom stereocenters. The monoisotopic (exact) mass is 485 g/mol. The Bertz CT molecular complexity index is 1110. The van der Waals surface area contributed by atoms with Crippen molar-refractivity contribution in [3.8, 4) is 11.3 Å². The molecule has 1 aromatic carbocycles. The number of pyridine rings is 1. The van der Waals surface area contributed by atoms with Gasteiger partial charge in [-0.1, -0.05) is 43.1 Å². The summed E-state index contributed by atoms with van der Waals surface area (Å²) in [5, 5.41) is 4.80. The zero-order valence-electron chi connectivity index (χ0n) is 19.2. The van der Waals surface area contributed by atoms with Crippen molar-refractivity contribution < 1.29 is 4.74 Å². The maximum Gasteiger partial charge on any atom is 0.159 e. The van der Waals surface area contributed by atoms with Gasteiger partial charge in [0.05, 0.1) is 28.6 Å². The van der Waals surface area contributed by atoms with E-state index in [1.807, 2.05) is 43.5 Å². The lowest BCUT2D eigenvalue weighted by Gasteiger charge is -2.32. The van der Waals surface area contributed by atoms with Crippen molar-refractivity contribution in [2.75, 3.05) is 29.9 Å². The van der Waals surface area contributed by atoms with Crippen molar-refractivity contribution >= 4 is 34.8 Å². The average Bonchev–Trinajstić information content (AvgIpc) is 3.23. The lowest BCUT2D eigenvalue weighted by Crippen LogP contribution is -2.45. The second-order valence-corrected chi connectivity index (χ2v) is 8.90. The number of aromatic nitrogens is 3. The molecule has 1 saturated heterocycles. The van der Waals surface area contributed by atoms with Crippen molar-refractivity contribution in [1.29, 1.82) is 0 Å². The number of halogens is 2. The second kappa shape index (κ2) is 10.2. The molecule has 0 aliphatic carbocycles. The number of anilines is 2. The SMILES string of the molecule is CCOC1(Nc2nc(CC)c(-c3ccc(Cl)cc3Cl)nc2CC)CCN(c2ccccn2)C1. The van der Waals surface area contributed by atoms with Crippen molar-refractivity contribution in [3.63, 3.8) is 0 Å². The third-order valence-electron chi connectivity index (χ3n) is 5.87. The molecule has 1 aliphatic rings. The summed E-state index contributed by atoms with van der Waals surface area (Å²) in [6, 6.07) is 11.4. The minimum atomic E-state index is -0.560. The summed E-state index contributed by atoms with van der Waals surface area (Å²) in [5.41, 5.74) is 2.84. The summed E-state index contributed by atoms with van der Waals surface area (Å²) in [5.74, 6) is 1.71. The van der Waals surface area contributed by atoms with Crippen molar-refractivity contribution in [3.05, 3.63) is 64.0 Å². The highest BCUT2D eigenvalue weighted by atomic mass is 35.5. The fourth-order valence-electron chi connectivity index (χ4n) is 4.26. The third-order valence-corrected chi connectivity index (χ3v) is 6.42. The maximum absolute atomic E-state index is 6.50. The minimum Gasteiger partial charge on any atom is -0.354 e. The van der Waals surface area contributed by atoms with Gasteiger partial charge in [-0.2, -0.15) is 0 Å². The molecule has 3 heterocycles. The number of nitrogens with one attached hydrogen (secondary N) is 1. The largest absolute Gasteiger partial charge is 0.354 e. The Morgan fingerprint density at radius 3 is 2.55 bits per heavy atom. The van der Waals surface area contributed by atoms with Crippen LogP contribution in [0.3, 0.4) is 0 Å². The van der Waals surface area contributed by atoms with E-state index in [4.69, 9.17) is 37.9 Å². The van der Waals surface area contributed by atoms with E-state index in [9.17, 15) is 0 Å². The van der Waals surface area contributed by atoms with Gasteiger partial charge in [-0.3, -0.25) is 0 Å². The molecule has 0 bridgehead atoms. The molecule has 4 rings (SSSR count). The summed E-state index contributed by atoms with van der Waals surface area (Å²) in [4.78, 5) is 16.8. The summed E-state index contributed by atoms with van der Waals surface area (Å²) in [6.07, 6.45) is 4.08. The number of benzene rings is 1. The first-order chi connectivity index (χ1) is 16.0. The van der Waals surface area contributed by atoms with Gasteiger partial charge in [0.1, 0.15) is 11.6 Å². The minimum absolute atomic E-state index is 0.560. The molecule has 174 valence electrons. The summed E-state index contributed by atoms with van der Waals surface area (Å²) in [6.45, 7) is 8.28. The van der Waals surface area contributed by atoms with Crippen LogP contribution in [0.15, 0.2) is 42.6 Å². The van der Waals surface area contributed by atoms with Crippen LogP contribution in [-0.2, 0) is 17.6 Å². The lowest BCUT2D eigenvalue weighted by molar-refractivity contribution is 0.0000485. The van der Waals surface area contributed by atoms with Crippen LogP contribution in [0.4, 0.5) is 11.6 Å². The predicted octanol–water partition coefficient (Wildman–Crippen LogP) is 6.03. The van der Waals surface area contributed by atoms with Gasteiger partial charge < -0.3 is 15.0 Å². The highest BCUT2D eigenvalue weighted by Gasteiger charge is 2.40. The number of hydrogen-bond acceptors (Lipinski definition) is 6. The predicted molar refractivity (Wildman–Crippen MR) is 135 cm³/mol. The standard InChI is InChI=1S/C25H29Cl2N5O/c1-4-20-23(18-11-10-17(26)15-19(18)27)29-21(5-2)24(30-20)31-25(33-6-3)12-14-32(16-25)22-9-7-8-13-28-22/h7-11,13,15H,4-6,12,14,16H2,1-3H3,(H,30,31). The molecule has 1 N–H and O–H groups in total. The van der Waals surface area contributed by atoms with E-state index < -0.39 is 5.72 Å². The second-order valence-electron chi connectivity index (χ2n) is 8.06. The first-order valence-corrected chi connectivity index (χ1v) is 12.2. The first kappa shape index (κ1) is 23.7. The van der Waals surface area contributed by atoms with Gasteiger partial charge in [0, 0.05) is 36.4 Å². The normalized spacial score (nSPS) is 18.0. The van der Waals surface area contributed by atoms with E-state index >= 15 is 0 Å². The van der Waals surface area contributed by atoms with Crippen molar-refractivity contribution in [1.82, 2.24) is 15.0 Å². The Balaban J connectivity index is 1.69. The highest BCUT2D eigenvalue weighted by Crippen LogP contribution is 2.35. The maximum atomic E-state index is 6.50. The van der Waals surface area contributed by atoms with Gasteiger partial charge in [0.25, 0.3) is 0 Å². The van der Waals surface area contributed by atoms with Gasteiger partial charge in [-0.05, 0) is 50.1 Å². The van der Waals surface area contributed by atoms with E-state index in [2.05, 4.69) is 29.0 Å². The molecule has 6 nitrogen and oxygen atoms in total. The van der Waals surface area contributed by atoms with Crippen LogP contribution in [0.2, 0.25) is 10.0 Å². The molecule has 0 spiro atoms. The van der Waals surface area contributed by atoms with E-state index in [-0.39, 0.29) is 0 Å². The van der Waals surface area contributed by atoms with Crippen molar-refractivity contribution in [2.24, 2.45) is 0 Å². The van der Waals surface area contributed by atoms with E-state index in [0.29, 0.717) is 23.2 Å². The molecular formula is C25H29Cl2N5O. The number of nitrogens with zero attached hydrogens (tertiary/aromatic N) is 4. The summed E-state index contributed by atoms with van der Waals surface area (Å²) < 4.78 is 6.28. The van der Waals surface area contributed by atoms with Crippen LogP contribution in [0.25, 0.3) is 11.3 Å². The smallest absolute Gasteiger partial charge is 0.159 e. The van der Waals surface area contributed by atoms with Crippen LogP contribution in [-0.4, -0.2) is 40.4 Å². The zero-order chi connectivity index (χ0) is 23.4. The molecule has 0 saturated carbocycles. The highest BCUT2D eigenvalue weighted by molar-refractivity contribution is 6.36. The molecule has 0 amide bonds. The molecule has 1 unspecified atom stereocenters. The van der Waals surface area contributed by atoms with Gasteiger partial charge in [-0.15, -0.1) is 0 Å². The van der Waals surface area contributed by atoms with Crippen LogP contribution in [0.5, 0.6) is 0 Å². The molecular weight excluding hydrogens is 457 g/mol. The van der Waals surface area contributed by atoms with Gasteiger partial charge in [0.2, 0.25) is 0 Å². The molecule has 0 radical (unpaired) electrons. The van der Waals surface area contributed by atoms with Crippen LogP contribution < -0.4 is 10.2 Å². The number of rotatable bonds is 8. The van der Waals surface area contributed by atoms with E-state index in [1.165, 1.54) is 0 Å². The number of hydrogen-bond donors (Lipinski definition) is 1. The number of ether oxygens (including phenoxy) is 1. The molecule has 1 fully saturated rings. The van der Waals surface area contributed by atoms with Crippen molar-refractivity contribution in [2.45, 2.75) is 45.8 Å². The molecule has 1 aliphatic heterocycles. The quantitative estimate of drug-likeness (QED) is 0.393. The Labute approximate surface area is 205 Å². The van der Waals surface area contributed by atoms with Crippen LogP contribution in [0.1, 0.15) is 38.6 Å². The number of aryl methyl sites for hydroxylation is 2. The molecule has 8 heteroatoms. The van der Waals surface area contributed by atoms with Crippen LogP contribution >= 0.6 is 23.2 Å². The fraction of sp³-hybridized carbons (Fsp3) is 0.400. The van der Waals surface area contributed by atoms with E-state index in [1.54, 1.807) is 6.07 Å². The zero-order valence-corrected chi connectivity index (χ0v) is 20.7. The summed E-state index contributed by atoms with van der Waals surface area (Å²) >= 11 is 12.6. The fourth-order valence-corrected chi connectivity index (χ4v) is 4.76.